The molecule has 0 aromatic carbocycles. The maximum absolute atomic E-state index is 12.7. The van der Waals surface area contributed by atoms with Gasteiger partial charge in [-0.1, -0.05) is 20.3 Å². The van der Waals surface area contributed by atoms with Crippen LogP contribution in [0.4, 0.5) is 13.2 Å². The van der Waals surface area contributed by atoms with Crippen LogP contribution in [0.5, 0.6) is 0 Å². The lowest BCUT2D eigenvalue weighted by molar-refractivity contribution is -0.149. The van der Waals surface area contributed by atoms with Crippen LogP contribution in [0.15, 0.2) is 23.1 Å². The molecule has 0 aliphatic rings. The van der Waals surface area contributed by atoms with E-state index in [0.717, 1.165) is 12.3 Å². The Morgan fingerprint density at radius 1 is 1.32 bits per heavy atom. The molecule has 1 aromatic rings. The van der Waals surface area contributed by atoms with Gasteiger partial charge in [0.1, 0.15) is 18.2 Å². The van der Waals surface area contributed by atoms with Gasteiger partial charge in [-0.25, -0.2) is 4.79 Å². The standard InChI is InChI=1S/C16H21F3N2O4/c1-4-10(3)13(15(24)25-5-2)20-12(22)9-21-8-6-7-11(14(21)23)16(17,18)19/h6-8,10,13H,4-5,9H2,1-3H3,(H,20,22)/t10-,13+/m0/s1. The Kier molecular flexibility index (Phi) is 7.20. The molecular formula is C16H21F3N2O4. The first kappa shape index (κ1) is 20.7. The van der Waals surface area contributed by atoms with Crippen molar-refractivity contribution in [2.75, 3.05) is 6.61 Å². The minimum atomic E-state index is -4.80. The molecule has 1 rings (SSSR count). The number of aromatic nitrogens is 1. The minimum absolute atomic E-state index is 0.134. The molecule has 1 heterocycles. The summed E-state index contributed by atoms with van der Waals surface area (Å²) < 4.78 is 43.8. The van der Waals surface area contributed by atoms with Gasteiger partial charge in [-0.3, -0.25) is 9.59 Å². The molecule has 0 bridgehead atoms. The van der Waals surface area contributed by atoms with E-state index in [9.17, 15) is 27.6 Å². The van der Waals surface area contributed by atoms with Gasteiger partial charge in [0.25, 0.3) is 5.56 Å². The Labute approximate surface area is 143 Å². The number of ether oxygens (including phenoxy) is 1. The molecule has 25 heavy (non-hydrogen) atoms. The number of hydrogen-bond acceptors (Lipinski definition) is 4. The normalized spacial score (nSPS) is 13.8. The van der Waals surface area contributed by atoms with Crippen LogP contribution in [0.1, 0.15) is 32.8 Å². The van der Waals surface area contributed by atoms with E-state index < -0.39 is 41.8 Å². The highest BCUT2D eigenvalue weighted by atomic mass is 19.4. The fourth-order valence-electron chi connectivity index (χ4n) is 2.15. The van der Waals surface area contributed by atoms with Gasteiger partial charge in [-0.05, 0) is 25.0 Å². The third-order valence-electron chi connectivity index (χ3n) is 3.71. The molecule has 1 aromatic heterocycles. The monoisotopic (exact) mass is 362 g/mol. The average molecular weight is 362 g/mol. The van der Waals surface area contributed by atoms with Gasteiger partial charge in [0, 0.05) is 6.20 Å². The van der Waals surface area contributed by atoms with E-state index in [1.807, 2.05) is 6.92 Å². The zero-order valence-corrected chi connectivity index (χ0v) is 14.2. The van der Waals surface area contributed by atoms with E-state index in [2.05, 4.69) is 5.32 Å². The third-order valence-corrected chi connectivity index (χ3v) is 3.71. The highest BCUT2D eigenvalue weighted by Crippen LogP contribution is 2.25. The van der Waals surface area contributed by atoms with Crippen LogP contribution in [0.2, 0.25) is 0 Å². The third kappa shape index (κ3) is 5.61. The van der Waals surface area contributed by atoms with Gasteiger partial charge in [0.15, 0.2) is 0 Å². The molecule has 0 spiro atoms. The second-order valence-electron chi connectivity index (χ2n) is 5.54. The fraction of sp³-hybridized carbons (Fsp3) is 0.562. The smallest absolute Gasteiger partial charge is 0.421 e. The quantitative estimate of drug-likeness (QED) is 0.753. The van der Waals surface area contributed by atoms with E-state index in [4.69, 9.17) is 4.74 Å². The van der Waals surface area contributed by atoms with Gasteiger partial charge in [-0.2, -0.15) is 13.2 Å². The van der Waals surface area contributed by atoms with Crippen molar-refractivity contribution in [3.8, 4) is 0 Å². The molecule has 140 valence electrons. The topological polar surface area (TPSA) is 77.4 Å². The first-order chi connectivity index (χ1) is 11.6. The first-order valence-corrected chi connectivity index (χ1v) is 7.84. The molecule has 0 radical (unpaired) electrons. The predicted molar refractivity (Wildman–Crippen MR) is 83.7 cm³/mol. The van der Waals surface area contributed by atoms with E-state index in [0.29, 0.717) is 17.1 Å². The summed E-state index contributed by atoms with van der Waals surface area (Å²) in [5.74, 6) is -1.61. The van der Waals surface area contributed by atoms with Crippen molar-refractivity contribution in [3.05, 3.63) is 34.2 Å². The summed E-state index contributed by atoms with van der Waals surface area (Å²) in [5.41, 5.74) is -2.67. The number of rotatable bonds is 7. The second kappa shape index (κ2) is 8.68. The lowest BCUT2D eigenvalue weighted by atomic mass is 9.99. The number of esters is 1. The highest BCUT2D eigenvalue weighted by Gasteiger charge is 2.34. The minimum Gasteiger partial charge on any atom is -0.464 e. The number of nitrogens with zero attached hydrogens (tertiary/aromatic N) is 1. The fourth-order valence-corrected chi connectivity index (χ4v) is 2.15. The molecular weight excluding hydrogens is 341 g/mol. The molecule has 0 saturated carbocycles. The van der Waals surface area contributed by atoms with Gasteiger partial charge in [-0.15, -0.1) is 0 Å². The molecule has 0 fully saturated rings. The second-order valence-corrected chi connectivity index (χ2v) is 5.54. The molecule has 0 unspecified atom stereocenters. The molecule has 2 atom stereocenters. The van der Waals surface area contributed by atoms with Crippen molar-refractivity contribution in [1.82, 2.24) is 9.88 Å². The Morgan fingerprint density at radius 3 is 2.48 bits per heavy atom. The number of amides is 1. The van der Waals surface area contributed by atoms with Crippen molar-refractivity contribution in [2.24, 2.45) is 5.92 Å². The van der Waals surface area contributed by atoms with Gasteiger partial charge in [0.2, 0.25) is 5.91 Å². The van der Waals surface area contributed by atoms with Crippen LogP contribution < -0.4 is 10.9 Å². The van der Waals surface area contributed by atoms with Gasteiger partial charge >= 0.3 is 12.1 Å². The Morgan fingerprint density at radius 2 is 1.96 bits per heavy atom. The van der Waals surface area contributed by atoms with Crippen molar-refractivity contribution in [1.29, 1.82) is 0 Å². The maximum atomic E-state index is 12.7. The van der Waals surface area contributed by atoms with E-state index >= 15 is 0 Å². The number of nitrogens with one attached hydrogen (secondary N) is 1. The molecule has 1 N–H and O–H groups in total. The summed E-state index contributed by atoms with van der Waals surface area (Å²) in [6.45, 7) is 4.68. The highest BCUT2D eigenvalue weighted by molar-refractivity contribution is 5.84. The zero-order valence-electron chi connectivity index (χ0n) is 14.2. The van der Waals surface area contributed by atoms with Crippen molar-refractivity contribution < 1.29 is 27.5 Å². The Bertz CT molecular complexity index is 670. The Hall–Kier alpha value is -2.32. The first-order valence-electron chi connectivity index (χ1n) is 7.84. The van der Waals surface area contributed by atoms with E-state index in [-0.39, 0.29) is 12.5 Å². The van der Waals surface area contributed by atoms with Crippen molar-refractivity contribution in [3.63, 3.8) is 0 Å². The molecule has 0 aliphatic heterocycles. The predicted octanol–water partition coefficient (Wildman–Crippen LogP) is 1.96. The molecule has 0 saturated heterocycles. The van der Waals surface area contributed by atoms with Crippen LogP contribution in [-0.4, -0.2) is 29.1 Å². The number of hydrogen-bond donors (Lipinski definition) is 1. The lowest BCUT2D eigenvalue weighted by Crippen LogP contribution is -2.47. The van der Waals surface area contributed by atoms with E-state index in [1.165, 1.54) is 0 Å². The van der Waals surface area contributed by atoms with Crippen LogP contribution in [0.3, 0.4) is 0 Å². The zero-order chi connectivity index (χ0) is 19.2. The largest absolute Gasteiger partial charge is 0.464 e. The summed E-state index contributed by atoms with van der Waals surface area (Å²) >= 11 is 0. The lowest BCUT2D eigenvalue weighted by Gasteiger charge is -2.22. The molecule has 6 nitrogen and oxygen atoms in total. The summed E-state index contributed by atoms with van der Waals surface area (Å²) in [6.07, 6.45) is -3.15. The number of pyridine rings is 1. The van der Waals surface area contributed by atoms with Crippen LogP contribution >= 0.6 is 0 Å². The summed E-state index contributed by atoms with van der Waals surface area (Å²) in [5, 5.41) is 2.43. The van der Waals surface area contributed by atoms with Crippen LogP contribution in [0.25, 0.3) is 0 Å². The SMILES string of the molecule is CCOC(=O)[C@H](NC(=O)Cn1cccc(C(F)(F)F)c1=O)[C@@H](C)CC. The number of halogens is 3. The van der Waals surface area contributed by atoms with Crippen molar-refractivity contribution >= 4 is 11.9 Å². The molecule has 0 aliphatic carbocycles. The average Bonchev–Trinajstić information content (AvgIpc) is 2.53. The van der Waals surface area contributed by atoms with Crippen molar-refractivity contribution in [2.45, 2.75) is 46.0 Å². The van der Waals surface area contributed by atoms with Gasteiger partial charge in [0.05, 0.1) is 6.61 Å². The van der Waals surface area contributed by atoms with Gasteiger partial charge < -0.3 is 14.6 Å². The molecule has 1 amide bonds. The maximum Gasteiger partial charge on any atom is 0.421 e. The number of carbonyl (C=O) groups is 2. The number of alkyl halides is 3. The molecule has 9 heteroatoms. The Balaban J connectivity index is 2.95. The summed E-state index contributed by atoms with van der Waals surface area (Å²) in [6, 6.07) is 0.755. The van der Waals surface area contributed by atoms with Crippen LogP contribution in [-0.2, 0) is 27.0 Å². The number of carbonyl (C=O) groups excluding carboxylic acids is 2. The van der Waals surface area contributed by atoms with Crippen LogP contribution in [0, 0.1) is 5.92 Å². The summed E-state index contributed by atoms with van der Waals surface area (Å²) in [7, 11) is 0. The summed E-state index contributed by atoms with van der Waals surface area (Å²) in [4.78, 5) is 35.9. The van der Waals surface area contributed by atoms with E-state index in [1.54, 1.807) is 13.8 Å².